The molecule has 0 saturated carbocycles. The van der Waals surface area contributed by atoms with Crippen molar-refractivity contribution >= 4 is 26.1 Å². The normalized spacial score (nSPS) is 14.3. The fourth-order valence-electron chi connectivity index (χ4n) is 1.11. The fourth-order valence-corrected chi connectivity index (χ4v) is 2.40. The maximum atomic E-state index is 11.3. The Kier molecular flexibility index (Phi) is 6.02. The van der Waals surface area contributed by atoms with Gasteiger partial charge in [0.05, 0.1) is 5.75 Å². The van der Waals surface area contributed by atoms with E-state index in [1.165, 1.54) is 6.92 Å². The lowest BCUT2D eigenvalue weighted by Crippen LogP contribution is -2.40. The highest BCUT2D eigenvalue weighted by Crippen LogP contribution is 2.03. The van der Waals surface area contributed by atoms with Crippen LogP contribution in [0.5, 0.6) is 0 Å². The van der Waals surface area contributed by atoms with Gasteiger partial charge in [-0.05, 0) is 12.8 Å². The third kappa shape index (κ3) is 7.26. The predicted octanol–water partition coefficient (Wildman–Crippen LogP) is -0.953. The van der Waals surface area contributed by atoms with Crippen molar-refractivity contribution < 1.29 is 30.7 Å². The second-order valence-corrected chi connectivity index (χ2v) is 6.51. The number of rotatable bonds is 7. The molecule has 0 aromatic carbocycles. The van der Waals surface area contributed by atoms with E-state index in [1.807, 2.05) is 0 Å². The van der Waals surface area contributed by atoms with Crippen molar-refractivity contribution in [2.45, 2.75) is 25.0 Å². The zero-order chi connectivity index (χ0) is 13.7. The zero-order valence-corrected chi connectivity index (χ0v) is 10.8. The Morgan fingerprint density at radius 1 is 1.24 bits per heavy atom. The van der Waals surface area contributed by atoms with Gasteiger partial charge in [0.2, 0.25) is 5.91 Å². The van der Waals surface area contributed by atoms with E-state index in [1.54, 1.807) is 0 Å². The van der Waals surface area contributed by atoms with E-state index in [4.69, 9.17) is 9.11 Å². The van der Waals surface area contributed by atoms with Gasteiger partial charge >= 0.3 is 0 Å². The highest BCUT2D eigenvalue weighted by molar-refractivity contribution is 7.87. The molecule has 0 saturated heterocycles. The van der Waals surface area contributed by atoms with Gasteiger partial charge in [-0.1, -0.05) is 6.92 Å². The van der Waals surface area contributed by atoms with Crippen LogP contribution in [0.3, 0.4) is 0 Å². The molecule has 0 bridgehead atoms. The van der Waals surface area contributed by atoms with E-state index in [9.17, 15) is 21.6 Å². The van der Waals surface area contributed by atoms with Crippen LogP contribution in [0, 0.1) is 0 Å². The van der Waals surface area contributed by atoms with Crippen molar-refractivity contribution in [1.29, 1.82) is 0 Å². The summed E-state index contributed by atoms with van der Waals surface area (Å²) in [5.74, 6) is -1.43. The second-order valence-electron chi connectivity index (χ2n) is 3.34. The lowest BCUT2D eigenvalue weighted by molar-refractivity contribution is -0.120. The SMILES string of the molecule is CCC(C(=O)NCCCS(=O)(=O)O)S(=O)(=O)O. The van der Waals surface area contributed by atoms with Gasteiger partial charge in [-0.3, -0.25) is 13.9 Å². The average Bonchev–Trinajstić information content (AvgIpc) is 2.09. The number of carbonyl (C=O) groups is 1. The van der Waals surface area contributed by atoms with E-state index < -0.39 is 37.1 Å². The Balaban J connectivity index is 4.19. The maximum Gasteiger partial charge on any atom is 0.276 e. The van der Waals surface area contributed by atoms with Crippen molar-refractivity contribution in [3.05, 3.63) is 0 Å². The van der Waals surface area contributed by atoms with Crippen LogP contribution >= 0.6 is 0 Å². The second kappa shape index (κ2) is 6.28. The summed E-state index contributed by atoms with van der Waals surface area (Å²) in [6.45, 7) is 1.31. The van der Waals surface area contributed by atoms with Crippen LogP contribution < -0.4 is 5.32 Å². The average molecular weight is 289 g/mol. The minimum Gasteiger partial charge on any atom is -0.355 e. The van der Waals surface area contributed by atoms with Crippen LogP contribution in [-0.4, -0.2) is 49.4 Å². The van der Waals surface area contributed by atoms with Gasteiger partial charge in [0.25, 0.3) is 20.2 Å². The number of amides is 1. The third-order valence-electron chi connectivity index (χ3n) is 1.90. The summed E-state index contributed by atoms with van der Waals surface area (Å²) in [5.41, 5.74) is 0. The molecule has 3 N–H and O–H groups in total. The first-order chi connectivity index (χ1) is 7.58. The van der Waals surface area contributed by atoms with Gasteiger partial charge in [-0.2, -0.15) is 16.8 Å². The number of nitrogens with one attached hydrogen (secondary N) is 1. The quantitative estimate of drug-likeness (QED) is 0.405. The molecule has 0 aliphatic heterocycles. The van der Waals surface area contributed by atoms with Gasteiger partial charge in [0.1, 0.15) is 0 Å². The molecule has 1 atom stereocenters. The molecule has 0 aromatic heterocycles. The van der Waals surface area contributed by atoms with E-state index in [0.29, 0.717) is 0 Å². The maximum absolute atomic E-state index is 11.3. The molecule has 0 heterocycles. The summed E-state index contributed by atoms with van der Waals surface area (Å²) < 4.78 is 59.3. The number of carbonyl (C=O) groups excluding carboxylic acids is 1. The van der Waals surface area contributed by atoms with Crippen molar-refractivity contribution in [1.82, 2.24) is 5.32 Å². The highest BCUT2D eigenvalue weighted by Gasteiger charge is 2.28. The highest BCUT2D eigenvalue weighted by atomic mass is 32.2. The molecule has 0 aliphatic rings. The number of hydrogen-bond acceptors (Lipinski definition) is 5. The molecule has 0 spiro atoms. The molecule has 1 unspecified atom stereocenters. The summed E-state index contributed by atoms with van der Waals surface area (Å²) >= 11 is 0. The standard InChI is InChI=1S/C7H15NO7S2/c1-2-6(17(13,14)15)7(9)8-4-3-5-16(10,11)12/h6H,2-5H2,1H3,(H,8,9)(H,10,11,12)(H,13,14,15). The molecule has 1 amide bonds. The molecule has 17 heavy (non-hydrogen) atoms. The molecular formula is C7H15NO7S2. The van der Waals surface area contributed by atoms with E-state index in [0.717, 1.165) is 0 Å². The predicted molar refractivity (Wildman–Crippen MR) is 59.7 cm³/mol. The topological polar surface area (TPSA) is 138 Å². The third-order valence-corrected chi connectivity index (χ3v) is 3.97. The van der Waals surface area contributed by atoms with Gasteiger partial charge in [-0.15, -0.1) is 0 Å². The minimum atomic E-state index is -4.46. The summed E-state index contributed by atoms with van der Waals surface area (Å²) in [4.78, 5) is 11.3. The minimum absolute atomic E-state index is 0.0491. The van der Waals surface area contributed by atoms with Crippen LogP contribution in [0.15, 0.2) is 0 Å². The van der Waals surface area contributed by atoms with E-state index in [-0.39, 0.29) is 19.4 Å². The van der Waals surface area contributed by atoms with E-state index in [2.05, 4.69) is 5.32 Å². The summed E-state index contributed by atoms with van der Waals surface area (Å²) in [5, 5.41) is 0.597. The summed E-state index contributed by atoms with van der Waals surface area (Å²) in [6.07, 6.45) is -0.143. The summed E-state index contributed by atoms with van der Waals surface area (Å²) in [7, 11) is -8.55. The van der Waals surface area contributed by atoms with Crippen LogP contribution in [0.25, 0.3) is 0 Å². The van der Waals surface area contributed by atoms with Crippen molar-refractivity contribution in [2.24, 2.45) is 0 Å². The molecule has 8 nitrogen and oxygen atoms in total. The Morgan fingerprint density at radius 3 is 2.12 bits per heavy atom. The lowest BCUT2D eigenvalue weighted by atomic mass is 10.3. The van der Waals surface area contributed by atoms with Crippen molar-refractivity contribution in [2.75, 3.05) is 12.3 Å². The smallest absolute Gasteiger partial charge is 0.276 e. The first-order valence-electron chi connectivity index (χ1n) is 4.77. The Labute approximate surface area is 99.9 Å². The Bertz CT molecular complexity index is 453. The van der Waals surface area contributed by atoms with E-state index >= 15 is 0 Å². The van der Waals surface area contributed by atoms with Gasteiger partial charge in [-0.25, -0.2) is 0 Å². The number of hydrogen-bond donors (Lipinski definition) is 3. The molecule has 0 rings (SSSR count). The monoisotopic (exact) mass is 289 g/mol. The summed E-state index contributed by atoms with van der Waals surface area (Å²) in [6, 6.07) is 0. The van der Waals surface area contributed by atoms with Crippen LogP contribution in [0.1, 0.15) is 19.8 Å². The molecule has 102 valence electrons. The lowest BCUT2D eigenvalue weighted by Gasteiger charge is -2.11. The molecule has 0 aromatic rings. The van der Waals surface area contributed by atoms with Crippen LogP contribution in [-0.2, 0) is 25.0 Å². The first kappa shape index (κ1) is 16.3. The largest absolute Gasteiger partial charge is 0.355 e. The molecule has 10 heteroatoms. The van der Waals surface area contributed by atoms with Crippen molar-refractivity contribution in [3.8, 4) is 0 Å². The molecule has 0 radical (unpaired) electrons. The first-order valence-corrected chi connectivity index (χ1v) is 7.88. The van der Waals surface area contributed by atoms with Gasteiger partial charge in [0.15, 0.2) is 5.25 Å². The van der Waals surface area contributed by atoms with Crippen LogP contribution in [0.2, 0.25) is 0 Å². The Hall–Kier alpha value is -0.710. The van der Waals surface area contributed by atoms with Gasteiger partial charge in [0, 0.05) is 6.54 Å². The van der Waals surface area contributed by atoms with Crippen molar-refractivity contribution in [3.63, 3.8) is 0 Å². The molecular weight excluding hydrogens is 274 g/mol. The van der Waals surface area contributed by atoms with Crippen LogP contribution in [0.4, 0.5) is 0 Å². The fraction of sp³-hybridized carbons (Fsp3) is 0.857. The molecule has 0 aliphatic carbocycles. The van der Waals surface area contributed by atoms with Gasteiger partial charge < -0.3 is 5.32 Å². The zero-order valence-electron chi connectivity index (χ0n) is 9.16. The Morgan fingerprint density at radius 2 is 1.76 bits per heavy atom. The molecule has 0 fully saturated rings.